The van der Waals surface area contributed by atoms with E-state index in [0.29, 0.717) is 22.4 Å². The Morgan fingerprint density at radius 3 is 2.81 bits per heavy atom. The maximum absolute atomic E-state index is 12.8. The first-order valence-corrected chi connectivity index (χ1v) is 8.60. The molecule has 0 radical (unpaired) electrons. The Bertz CT molecular complexity index is 937. The van der Waals surface area contributed by atoms with Gasteiger partial charge in [0.05, 0.1) is 18.0 Å². The number of carbonyl (C=O) groups is 1. The van der Waals surface area contributed by atoms with Crippen LogP contribution in [0.1, 0.15) is 41.4 Å². The first-order valence-electron chi connectivity index (χ1n) is 8.60. The highest BCUT2D eigenvalue weighted by molar-refractivity contribution is 6.10. The molecule has 8 nitrogen and oxygen atoms in total. The third kappa shape index (κ3) is 3.04. The van der Waals surface area contributed by atoms with Crippen LogP contribution in [0, 0.1) is 0 Å². The zero-order valence-corrected chi connectivity index (χ0v) is 14.2. The van der Waals surface area contributed by atoms with Crippen LogP contribution in [0.5, 0.6) is 0 Å². The first-order chi connectivity index (χ1) is 12.7. The molecule has 1 aliphatic rings. The lowest BCUT2D eigenvalue weighted by molar-refractivity contribution is 0.102. The number of hydrogen-bond acceptors (Lipinski definition) is 6. The molecule has 1 amide bonds. The number of aromatic nitrogens is 4. The van der Waals surface area contributed by atoms with Crippen LogP contribution in [-0.4, -0.2) is 36.8 Å². The largest absolute Gasteiger partial charge is 0.392 e. The summed E-state index contributed by atoms with van der Waals surface area (Å²) in [6, 6.07) is 7.31. The molecule has 26 heavy (non-hydrogen) atoms. The first kappa shape index (κ1) is 16.6. The summed E-state index contributed by atoms with van der Waals surface area (Å²) in [6.45, 7) is -0.0376. The third-order valence-electron chi connectivity index (χ3n) is 4.77. The lowest BCUT2D eigenvalue weighted by Crippen LogP contribution is -2.17. The monoisotopic (exact) mass is 352 g/mol. The van der Waals surface area contributed by atoms with Gasteiger partial charge >= 0.3 is 0 Å². The molecule has 8 heteroatoms. The fourth-order valence-corrected chi connectivity index (χ4v) is 3.40. The van der Waals surface area contributed by atoms with Crippen LogP contribution in [0.3, 0.4) is 0 Å². The maximum Gasteiger partial charge on any atom is 0.276 e. The predicted octanol–water partition coefficient (Wildman–Crippen LogP) is 1.62. The van der Waals surface area contributed by atoms with Crippen molar-refractivity contribution in [2.75, 3.05) is 5.32 Å². The van der Waals surface area contributed by atoms with E-state index in [2.05, 4.69) is 20.4 Å². The number of aliphatic hydroxyl groups excluding tert-OH is 1. The molecule has 0 aliphatic heterocycles. The number of rotatable bonds is 4. The van der Waals surface area contributed by atoms with Crippen molar-refractivity contribution in [2.45, 2.75) is 38.0 Å². The minimum atomic E-state index is -0.317. The molecular formula is C18H20N6O2. The maximum atomic E-state index is 12.8. The summed E-state index contributed by atoms with van der Waals surface area (Å²) in [7, 11) is 0. The van der Waals surface area contributed by atoms with Crippen LogP contribution >= 0.6 is 0 Å². The van der Waals surface area contributed by atoms with E-state index >= 15 is 0 Å². The van der Waals surface area contributed by atoms with Gasteiger partial charge in [-0.05, 0) is 37.0 Å². The van der Waals surface area contributed by atoms with E-state index in [1.54, 1.807) is 30.5 Å². The summed E-state index contributed by atoms with van der Waals surface area (Å²) >= 11 is 0. The van der Waals surface area contributed by atoms with Crippen LogP contribution in [-0.2, 0) is 6.61 Å². The number of nitrogens with one attached hydrogen (secondary N) is 1. The molecule has 4 rings (SSSR count). The SMILES string of the molecule is NC1CCC(n2nc(C(=O)Nc3ccc(CO)cc3)c3cncnc32)C1. The van der Waals surface area contributed by atoms with Crippen molar-refractivity contribution < 1.29 is 9.90 Å². The summed E-state index contributed by atoms with van der Waals surface area (Å²) in [4.78, 5) is 21.1. The van der Waals surface area contributed by atoms with Crippen LogP contribution in [0.25, 0.3) is 11.0 Å². The standard InChI is InChI=1S/C18H20N6O2/c19-12-3-6-14(7-12)24-17-15(8-20-10-21-17)16(23-24)18(26)22-13-4-1-11(9-25)2-5-13/h1-2,4-5,8,10,12,14,25H,3,6-7,9,19H2,(H,22,26). The van der Waals surface area contributed by atoms with E-state index in [-0.39, 0.29) is 24.6 Å². The molecule has 2 heterocycles. The van der Waals surface area contributed by atoms with Gasteiger partial charge in [-0.2, -0.15) is 5.10 Å². The molecule has 134 valence electrons. The third-order valence-corrected chi connectivity index (χ3v) is 4.77. The van der Waals surface area contributed by atoms with Crippen LogP contribution in [0.15, 0.2) is 36.8 Å². The van der Waals surface area contributed by atoms with E-state index in [1.807, 2.05) is 4.68 Å². The van der Waals surface area contributed by atoms with Crippen molar-refractivity contribution in [1.29, 1.82) is 0 Å². The summed E-state index contributed by atoms with van der Waals surface area (Å²) in [5.74, 6) is -0.317. The van der Waals surface area contributed by atoms with Gasteiger partial charge < -0.3 is 16.2 Å². The fraction of sp³-hybridized carbons (Fsp3) is 0.333. The molecule has 1 aromatic carbocycles. The van der Waals surface area contributed by atoms with E-state index < -0.39 is 0 Å². The fourth-order valence-electron chi connectivity index (χ4n) is 3.40. The number of amides is 1. The Hall–Kier alpha value is -2.84. The van der Waals surface area contributed by atoms with Gasteiger partial charge in [0.1, 0.15) is 6.33 Å². The Labute approximate surface area is 150 Å². The second-order valence-corrected chi connectivity index (χ2v) is 6.59. The van der Waals surface area contributed by atoms with E-state index in [9.17, 15) is 4.79 Å². The number of fused-ring (bicyclic) bond motifs is 1. The van der Waals surface area contributed by atoms with Gasteiger partial charge in [0.15, 0.2) is 11.3 Å². The Morgan fingerprint density at radius 1 is 1.31 bits per heavy atom. The summed E-state index contributed by atoms with van der Waals surface area (Å²) in [5.41, 5.74) is 8.39. The molecule has 0 spiro atoms. The minimum Gasteiger partial charge on any atom is -0.392 e. The van der Waals surface area contributed by atoms with E-state index in [4.69, 9.17) is 10.8 Å². The molecule has 2 atom stereocenters. The average molecular weight is 352 g/mol. The molecule has 2 unspecified atom stereocenters. The van der Waals surface area contributed by atoms with Gasteiger partial charge in [-0.15, -0.1) is 0 Å². The minimum absolute atomic E-state index is 0.0376. The van der Waals surface area contributed by atoms with E-state index in [1.165, 1.54) is 6.33 Å². The predicted molar refractivity (Wildman–Crippen MR) is 96.5 cm³/mol. The van der Waals surface area contributed by atoms with Crippen LogP contribution in [0.2, 0.25) is 0 Å². The smallest absolute Gasteiger partial charge is 0.276 e. The average Bonchev–Trinajstić information content (AvgIpc) is 3.26. The zero-order chi connectivity index (χ0) is 18.1. The van der Waals surface area contributed by atoms with Crippen molar-refractivity contribution >= 4 is 22.6 Å². The van der Waals surface area contributed by atoms with Gasteiger partial charge in [0.25, 0.3) is 5.91 Å². The number of nitrogens with zero attached hydrogens (tertiary/aromatic N) is 4. The second kappa shape index (κ2) is 6.81. The van der Waals surface area contributed by atoms with Crippen LogP contribution in [0.4, 0.5) is 5.69 Å². The highest BCUT2D eigenvalue weighted by Crippen LogP contribution is 2.31. The zero-order valence-electron chi connectivity index (χ0n) is 14.2. The lowest BCUT2D eigenvalue weighted by Gasteiger charge is -2.10. The molecule has 3 aromatic rings. The topological polar surface area (TPSA) is 119 Å². The Balaban J connectivity index is 1.66. The van der Waals surface area contributed by atoms with Gasteiger partial charge in [-0.25, -0.2) is 14.6 Å². The summed E-state index contributed by atoms with van der Waals surface area (Å²) < 4.78 is 1.81. The number of aliphatic hydroxyl groups is 1. The molecule has 1 fully saturated rings. The van der Waals surface area contributed by atoms with Gasteiger partial charge in [0, 0.05) is 17.9 Å². The van der Waals surface area contributed by atoms with Gasteiger partial charge in [0.2, 0.25) is 0 Å². The van der Waals surface area contributed by atoms with Gasteiger partial charge in [-0.1, -0.05) is 12.1 Å². The molecule has 0 saturated heterocycles. The van der Waals surface area contributed by atoms with Gasteiger partial charge in [-0.3, -0.25) is 4.79 Å². The number of hydrogen-bond donors (Lipinski definition) is 3. The Morgan fingerprint density at radius 2 is 2.12 bits per heavy atom. The normalized spacial score (nSPS) is 19.8. The molecule has 4 N–H and O–H groups in total. The van der Waals surface area contributed by atoms with Crippen molar-refractivity contribution in [3.05, 3.63) is 48.0 Å². The number of nitrogens with two attached hydrogens (primary N) is 1. The van der Waals surface area contributed by atoms with E-state index in [0.717, 1.165) is 24.8 Å². The summed E-state index contributed by atoms with van der Waals surface area (Å²) in [5, 5.41) is 17.1. The summed E-state index contributed by atoms with van der Waals surface area (Å²) in [6.07, 6.45) is 5.76. The quantitative estimate of drug-likeness (QED) is 0.656. The highest BCUT2D eigenvalue weighted by atomic mass is 16.3. The molecular weight excluding hydrogens is 332 g/mol. The second-order valence-electron chi connectivity index (χ2n) is 6.59. The molecule has 1 saturated carbocycles. The van der Waals surface area contributed by atoms with Crippen molar-refractivity contribution in [2.24, 2.45) is 5.73 Å². The highest BCUT2D eigenvalue weighted by Gasteiger charge is 2.28. The number of carbonyl (C=O) groups excluding carboxylic acids is 1. The molecule has 2 aromatic heterocycles. The molecule has 1 aliphatic carbocycles. The van der Waals surface area contributed by atoms with Crippen molar-refractivity contribution in [3.8, 4) is 0 Å². The van der Waals surface area contributed by atoms with Crippen LogP contribution < -0.4 is 11.1 Å². The Kier molecular flexibility index (Phi) is 4.36. The van der Waals surface area contributed by atoms with Crippen molar-refractivity contribution in [1.82, 2.24) is 19.7 Å². The number of benzene rings is 1. The molecule has 0 bridgehead atoms. The van der Waals surface area contributed by atoms with Crippen molar-refractivity contribution in [3.63, 3.8) is 0 Å². The number of anilines is 1. The lowest BCUT2D eigenvalue weighted by atomic mass is 10.2.